The number of carbonyl (C=O) groups excluding carboxylic acids is 2. The number of nitrogens with two attached hydrogens (primary N) is 1. The number of ether oxygens (including phenoxy) is 2. The van der Waals surface area contributed by atoms with E-state index in [4.69, 9.17) is 15.2 Å². The highest BCUT2D eigenvalue weighted by atomic mass is 16.5. The third-order valence-corrected chi connectivity index (χ3v) is 4.01. The van der Waals surface area contributed by atoms with E-state index in [1.807, 2.05) is 36.4 Å². The first-order valence-electron chi connectivity index (χ1n) is 7.36. The number of carbonyl (C=O) groups is 2. The topological polar surface area (TPSA) is 81.9 Å². The normalized spacial score (nSPS) is 18.0. The Hall–Kier alpha value is -2.60. The minimum atomic E-state index is -0.934. The molecule has 0 radical (unpaired) electrons. The van der Waals surface area contributed by atoms with Gasteiger partial charge >= 0.3 is 11.8 Å². The Morgan fingerprint density at radius 3 is 2.70 bits per heavy atom. The zero-order chi connectivity index (χ0) is 16.4. The van der Waals surface area contributed by atoms with Gasteiger partial charge in [-0.2, -0.15) is 0 Å². The van der Waals surface area contributed by atoms with Crippen LogP contribution in [0.15, 0.2) is 36.4 Å². The van der Waals surface area contributed by atoms with Crippen molar-refractivity contribution in [3.8, 4) is 5.75 Å². The van der Waals surface area contributed by atoms with E-state index in [9.17, 15) is 9.59 Å². The molecule has 0 spiro atoms. The predicted molar refractivity (Wildman–Crippen MR) is 85.0 cm³/mol. The molecule has 120 valence electrons. The van der Waals surface area contributed by atoms with Crippen LogP contribution in [0.1, 0.15) is 11.7 Å². The number of rotatable bonds is 2. The molecule has 6 nitrogen and oxygen atoms in total. The number of nitrogens with zero attached hydrogens (tertiary/aromatic N) is 1. The minimum absolute atomic E-state index is 0.265. The molecule has 0 aliphatic carbocycles. The molecular weight excluding hydrogens is 296 g/mol. The number of methoxy groups -OCH3 is 1. The number of hydrogen-bond acceptors (Lipinski definition) is 4. The molecule has 2 N–H and O–H groups in total. The molecule has 0 bridgehead atoms. The highest BCUT2D eigenvalue weighted by molar-refractivity contribution is 6.34. The molecule has 23 heavy (non-hydrogen) atoms. The number of morpholine rings is 1. The van der Waals surface area contributed by atoms with Gasteiger partial charge in [0, 0.05) is 6.54 Å². The molecule has 1 heterocycles. The molecule has 1 aliphatic rings. The summed E-state index contributed by atoms with van der Waals surface area (Å²) < 4.78 is 11.0. The van der Waals surface area contributed by atoms with Crippen LogP contribution >= 0.6 is 0 Å². The van der Waals surface area contributed by atoms with Crippen molar-refractivity contribution >= 4 is 22.6 Å². The number of amides is 2. The molecule has 0 aromatic heterocycles. The van der Waals surface area contributed by atoms with E-state index in [0.29, 0.717) is 19.7 Å². The molecule has 2 aromatic carbocycles. The summed E-state index contributed by atoms with van der Waals surface area (Å²) in [6, 6.07) is 11.8. The van der Waals surface area contributed by atoms with Crippen molar-refractivity contribution in [1.29, 1.82) is 0 Å². The van der Waals surface area contributed by atoms with Gasteiger partial charge in [0.25, 0.3) is 0 Å². The second kappa shape index (κ2) is 6.26. The van der Waals surface area contributed by atoms with Crippen LogP contribution in [0, 0.1) is 0 Å². The van der Waals surface area contributed by atoms with Gasteiger partial charge in [0.2, 0.25) is 0 Å². The highest BCUT2D eigenvalue weighted by Crippen LogP contribution is 2.27. The zero-order valence-electron chi connectivity index (χ0n) is 12.8. The second-order valence-corrected chi connectivity index (χ2v) is 5.45. The highest BCUT2D eigenvalue weighted by Gasteiger charge is 2.27. The summed E-state index contributed by atoms with van der Waals surface area (Å²) in [4.78, 5) is 24.2. The Kier molecular flexibility index (Phi) is 4.16. The fourth-order valence-corrected chi connectivity index (χ4v) is 2.76. The van der Waals surface area contributed by atoms with Gasteiger partial charge in [0.05, 0.1) is 20.3 Å². The molecule has 1 saturated heterocycles. The van der Waals surface area contributed by atoms with E-state index >= 15 is 0 Å². The SMILES string of the molecule is COc1ccc2cc([C@H]3CN(C(=O)C(N)=O)CCO3)ccc2c1. The lowest BCUT2D eigenvalue weighted by Crippen LogP contribution is -2.47. The van der Waals surface area contributed by atoms with Gasteiger partial charge in [-0.05, 0) is 34.5 Å². The Balaban J connectivity index is 1.84. The molecule has 1 fully saturated rings. The standard InChI is InChI=1S/C17H18N2O4/c1-22-14-5-4-11-8-13(3-2-12(11)9-14)15-10-19(6-7-23-15)17(21)16(18)20/h2-5,8-9,15H,6-7,10H2,1H3,(H2,18,20)/t15-/m1/s1. The number of benzene rings is 2. The van der Waals surface area contributed by atoms with Crippen molar-refractivity contribution in [3.05, 3.63) is 42.0 Å². The second-order valence-electron chi connectivity index (χ2n) is 5.45. The van der Waals surface area contributed by atoms with Gasteiger partial charge < -0.3 is 20.1 Å². The van der Waals surface area contributed by atoms with Gasteiger partial charge in [-0.15, -0.1) is 0 Å². The predicted octanol–water partition coefficient (Wildman–Crippen LogP) is 1.23. The lowest BCUT2D eigenvalue weighted by molar-refractivity contribution is -0.149. The van der Waals surface area contributed by atoms with Crippen LogP contribution in [0.2, 0.25) is 0 Å². The van der Waals surface area contributed by atoms with Crippen LogP contribution in [0.4, 0.5) is 0 Å². The minimum Gasteiger partial charge on any atom is -0.497 e. The molecule has 0 unspecified atom stereocenters. The van der Waals surface area contributed by atoms with Crippen molar-refractivity contribution < 1.29 is 19.1 Å². The molecule has 3 rings (SSSR count). The number of hydrogen-bond donors (Lipinski definition) is 1. The van der Waals surface area contributed by atoms with Crippen LogP contribution in [0.25, 0.3) is 10.8 Å². The van der Waals surface area contributed by atoms with Crippen LogP contribution in [-0.2, 0) is 14.3 Å². The van der Waals surface area contributed by atoms with Crippen molar-refractivity contribution in [1.82, 2.24) is 4.90 Å². The lowest BCUT2D eigenvalue weighted by Gasteiger charge is -2.32. The third kappa shape index (κ3) is 3.12. The fourth-order valence-electron chi connectivity index (χ4n) is 2.76. The van der Waals surface area contributed by atoms with Crippen LogP contribution < -0.4 is 10.5 Å². The van der Waals surface area contributed by atoms with E-state index in [-0.39, 0.29) is 6.10 Å². The van der Waals surface area contributed by atoms with Crippen molar-refractivity contribution in [3.63, 3.8) is 0 Å². The lowest BCUT2D eigenvalue weighted by atomic mass is 10.0. The van der Waals surface area contributed by atoms with Crippen LogP contribution in [0.5, 0.6) is 5.75 Å². The van der Waals surface area contributed by atoms with Crippen molar-refractivity contribution in [2.45, 2.75) is 6.10 Å². The van der Waals surface area contributed by atoms with Gasteiger partial charge in [-0.3, -0.25) is 9.59 Å². The Morgan fingerprint density at radius 2 is 1.96 bits per heavy atom. The smallest absolute Gasteiger partial charge is 0.311 e. The Morgan fingerprint density at radius 1 is 1.22 bits per heavy atom. The molecule has 1 atom stereocenters. The van der Waals surface area contributed by atoms with Crippen molar-refractivity contribution in [2.75, 3.05) is 26.8 Å². The maximum absolute atomic E-state index is 11.7. The largest absolute Gasteiger partial charge is 0.497 e. The number of primary amides is 1. The Bertz CT molecular complexity index is 759. The van der Waals surface area contributed by atoms with Crippen LogP contribution in [0.3, 0.4) is 0 Å². The number of fused-ring (bicyclic) bond motifs is 1. The summed E-state index contributed by atoms with van der Waals surface area (Å²) in [5.41, 5.74) is 6.03. The summed E-state index contributed by atoms with van der Waals surface area (Å²) in [5, 5.41) is 2.12. The quantitative estimate of drug-likeness (QED) is 0.845. The Labute approximate surface area is 133 Å². The molecule has 2 aromatic rings. The summed E-state index contributed by atoms with van der Waals surface area (Å²) in [7, 11) is 1.63. The molecule has 1 aliphatic heterocycles. The van der Waals surface area contributed by atoms with Gasteiger partial charge in [0.15, 0.2) is 0 Å². The first-order valence-corrected chi connectivity index (χ1v) is 7.36. The monoisotopic (exact) mass is 314 g/mol. The summed E-state index contributed by atoms with van der Waals surface area (Å²) in [6.07, 6.45) is -0.265. The van der Waals surface area contributed by atoms with Gasteiger partial charge in [-0.1, -0.05) is 18.2 Å². The maximum Gasteiger partial charge on any atom is 0.311 e. The average molecular weight is 314 g/mol. The zero-order valence-corrected chi connectivity index (χ0v) is 12.8. The first-order chi connectivity index (χ1) is 11.1. The van der Waals surface area contributed by atoms with E-state index in [1.165, 1.54) is 4.90 Å². The van der Waals surface area contributed by atoms with Gasteiger partial charge in [-0.25, -0.2) is 0 Å². The van der Waals surface area contributed by atoms with E-state index in [1.54, 1.807) is 7.11 Å². The third-order valence-electron chi connectivity index (χ3n) is 4.01. The first kappa shape index (κ1) is 15.3. The van der Waals surface area contributed by atoms with E-state index in [0.717, 1.165) is 22.1 Å². The van der Waals surface area contributed by atoms with Crippen molar-refractivity contribution in [2.24, 2.45) is 5.73 Å². The summed E-state index contributed by atoms with van der Waals surface area (Å²) in [5.74, 6) is -0.794. The van der Waals surface area contributed by atoms with E-state index in [2.05, 4.69) is 0 Å². The van der Waals surface area contributed by atoms with Gasteiger partial charge in [0.1, 0.15) is 11.9 Å². The molecular formula is C17H18N2O4. The molecule has 0 saturated carbocycles. The molecule has 6 heteroatoms. The summed E-state index contributed by atoms with van der Waals surface area (Å²) in [6.45, 7) is 1.08. The molecule has 2 amide bonds. The average Bonchev–Trinajstić information content (AvgIpc) is 2.60. The maximum atomic E-state index is 11.7. The fraction of sp³-hybridized carbons (Fsp3) is 0.294. The van der Waals surface area contributed by atoms with Crippen LogP contribution in [-0.4, -0.2) is 43.5 Å². The van der Waals surface area contributed by atoms with E-state index < -0.39 is 11.8 Å². The summed E-state index contributed by atoms with van der Waals surface area (Å²) >= 11 is 0.